The average molecular weight is 544 g/mol. The molecule has 1 saturated heterocycles. The number of carbonyl (C=O) groups is 2. The molecule has 210 valence electrons. The van der Waals surface area contributed by atoms with Gasteiger partial charge in [0.05, 0.1) is 6.42 Å². The van der Waals surface area contributed by atoms with Crippen molar-refractivity contribution in [3.8, 4) is 0 Å². The van der Waals surface area contributed by atoms with Gasteiger partial charge in [0.15, 0.2) is 0 Å². The fourth-order valence-electron chi connectivity index (χ4n) is 5.54. The minimum Gasteiger partial charge on any atom is -0.480 e. The minimum atomic E-state index is -1.10. The number of benzene rings is 1. The summed E-state index contributed by atoms with van der Waals surface area (Å²) in [6.07, 6.45) is 6.54. The molecule has 4 N–H and O–H groups in total. The van der Waals surface area contributed by atoms with E-state index in [9.17, 15) is 14.7 Å². The number of carboxylic acids is 1. The summed E-state index contributed by atoms with van der Waals surface area (Å²) in [5, 5.41) is 19.0. The van der Waals surface area contributed by atoms with E-state index in [0.29, 0.717) is 18.2 Å². The predicted molar refractivity (Wildman–Crippen MR) is 155 cm³/mol. The lowest BCUT2D eigenvalue weighted by Gasteiger charge is -2.34. The highest BCUT2D eigenvalue weighted by atomic mass is 16.4. The summed E-state index contributed by atoms with van der Waals surface area (Å²) in [6.45, 7) is 4.75. The van der Waals surface area contributed by atoms with E-state index in [4.69, 9.17) is 4.98 Å². The number of hydrogen-bond donors (Lipinski definition) is 4. The number of carbonyl (C=O) groups excluding carboxylic acids is 1. The average Bonchev–Trinajstić information content (AvgIpc) is 2.99. The summed E-state index contributed by atoms with van der Waals surface area (Å²) in [6, 6.07) is 12.6. The van der Waals surface area contributed by atoms with Gasteiger partial charge >= 0.3 is 5.97 Å². The van der Waals surface area contributed by atoms with Crippen molar-refractivity contribution in [2.75, 3.05) is 41.7 Å². The van der Waals surface area contributed by atoms with Crippen molar-refractivity contribution in [3.05, 3.63) is 71.2 Å². The standard InChI is InChI=1S/C30H37N7O3/c1-2-23-28(32-18-25(30(39)40)35-26(38)17-20-7-4-3-5-8-20)33-19-34-29(23)37-15-12-21(13-16-37)24-11-10-22-9-6-14-31-27(22)36-24/h3-5,7-8,10-11,19,21,25H,2,6,9,12-18H2,1H3,(H,31,36)(H,35,38)(H,39,40)(H,32,33,34)/t25-/m0/s1. The Balaban J connectivity index is 1.21. The number of carboxylic acid groups (broad SMARTS) is 1. The van der Waals surface area contributed by atoms with Gasteiger partial charge in [-0.25, -0.2) is 19.7 Å². The molecule has 0 radical (unpaired) electrons. The Kier molecular flexibility index (Phi) is 8.73. The van der Waals surface area contributed by atoms with Crippen LogP contribution in [-0.4, -0.2) is 64.2 Å². The molecule has 0 spiro atoms. The van der Waals surface area contributed by atoms with Crippen molar-refractivity contribution in [2.45, 2.75) is 57.4 Å². The number of nitrogens with zero attached hydrogens (tertiary/aromatic N) is 4. The molecular formula is C30H37N7O3. The molecule has 10 nitrogen and oxygen atoms in total. The van der Waals surface area contributed by atoms with E-state index in [0.717, 1.165) is 73.8 Å². The van der Waals surface area contributed by atoms with Crippen molar-refractivity contribution in [2.24, 2.45) is 0 Å². The molecule has 40 heavy (non-hydrogen) atoms. The molecule has 2 aliphatic heterocycles. The van der Waals surface area contributed by atoms with Gasteiger partial charge in [-0.1, -0.05) is 43.3 Å². The van der Waals surface area contributed by atoms with E-state index in [2.05, 4.69) is 43.0 Å². The van der Waals surface area contributed by atoms with Gasteiger partial charge in [-0.15, -0.1) is 0 Å². The number of anilines is 3. The predicted octanol–water partition coefficient (Wildman–Crippen LogP) is 3.40. The van der Waals surface area contributed by atoms with E-state index in [1.807, 2.05) is 37.3 Å². The van der Waals surface area contributed by atoms with Gasteiger partial charge in [-0.3, -0.25) is 4.79 Å². The van der Waals surface area contributed by atoms with E-state index < -0.39 is 12.0 Å². The van der Waals surface area contributed by atoms with Crippen LogP contribution in [0.25, 0.3) is 0 Å². The fraction of sp³-hybridized carbons (Fsp3) is 0.433. The number of aryl methyl sites for hydroxylation is 1. The highest BCUT2D eigenvalue weighted by Crippen LogP contribution is 2.33. The number of piperidine rings is 1. The van der Waals surface area contributed by atoms with E-state index in [-0.39, 0.29) is 18.9 Å². The maximum absolute atomic E-state index is 12.5. The SMILES string of the molecule is CCc1c(NC[C@H](NC(=O)Cc2ccccc2)C(=O)O)ncnc1N1CCC(c2ccc3c(n2)NCCC3)CC1. The number of pyridine rings is 1. The topological polar surface area (TPSA) is 132 Å². The molecule has 1 atom stereocenters. The van der Waals surface area contributed by atoms with Crippen LogP contribution in [-0.2, 0) is 28.9 Å². The third kappa shape index (κ3) is 6.50. The number of fused-ring (bicyclic) bond motifs is 1. The van der Waals surface area contributed by atoms with Crippen molar-refractivity contribution in [1.82, 2.24) is 20.3 Å². The van der Waals surface area contributed by atoms with E-state index in [1.165, 1.54) is 11.9 Å². The molecular weight excluding hydrogens is 506 g/mol. The third-order valence-corrected chi connectivity index (χ3v) is 7.72. The third-order valence-electron chi connectivity index (χ3n) is 7.72. The van der Waals surface area contributed by atoms with Crippen LogP contribution in [0.3, 0.4) is 0 Å². The largest absolute Gasteiger partial charge is 0.480 e. The lowest BCUT2D eigenvalue weighted by atomic mass is 9.92. The van der Waals surface area contributed by atoms with Gasteiger partial charge in [-0.2, -0.15) is 0 Å². The summed E-state index contributed by atoms with van der Waals surface area (Å²) in [4.78, 5) is 40.6. The Hall–Kier alpha value is -4.21. The van der Waals surface area contributed by atoms with Crippen LogP contribution in [0.4, 0.5) is 17.5 Å². The first kappa shape index (κ1) is 27.4. The van der Waals surface area contributed by atoms with Gasteiger partial charge < -0.3 is 26.0 Å². The molecule has 2 aliphatic rings. The molecule has 1 amide bonds. The first-order chi connectivity index (χ1) is 19.5. The molecule has 0 aliphatic carbocycles. The summed E-state index contributed by atoms with van der Waals surface area (Å²) in [5.41, 5.74) is 4.23. The smallest absolute Gasteiger partial charge is 0.328 e. The highest BCUT2D eigenvalue weighted by molar-refractivity contribution is 5.85. The first-order valence-electron chi connectivity index (χ1n) is 14.1. The molecule has 5 rings (SSSR count). The number of amides is 1. The van der Waals surface area contributed by atoms with Crippen LogP contribution in [0.2, 0.25) is 0 Å². The monoisotopic (exact) mass is 543 g/mol. The highest BCUT2D eigenvalue weighted by Gasteiger charge is 2.26. The maximum Gasteiger partial charge on any atom is 0.328 e. The lowest BCUT2D eigenvalue weighted by Crippen LogP contribution is -2.46. The number of aliphatic carboxylic acids is 1. The molecule has 1 fully saturated rings. The van der Waals surface area contributed by atoms with Crippen LogP contribution in [0.5, 0.6) is 0 Å². The second-order valence-corrected chi connectivity index (χ2v) is 10.4. The van der Waals surface area contributed by atoms with Crippen molar-refractivity contribution < 1.29 is 14.7 Å². The van der Waals surface area contributed by atoms with Crippen LogP contribution in [0.15, 0.2) is 48.8 Å². The lowest BCUT2D eigenvalue weighted by molar-refractivity contribution is -0.141. The second kappa shape index (κ2) is 12.8. The van der Waals surface area contributed by atoms with Crippen LogP contribution < -0.4 is 20.9 Å². The Morgan fingerprint density at radius 3 is 2.67 bits per heavy atom. The second-order valence-electron chi connectivity index (χ2n) is 10.4. The summed E-state index contributed by atoms with van der Waals surface area (Å²) in [5.74, 6) is 1.48. The van der Waals surface area contributed by atoms with Gasteiger partial charge in [0.1, 0.15) is 29.8 Å². The Labute approximate surface area is 234 Å². The number of nitrogens with one attached hydrogen (secondary N) is 3. The Morgan fingerprint density at radius 1 is 1.12 bits per heavy atom. The maximum atomic E-state index is 12.5. The van der Waals surface area contributed by atoms with Crippen molar-refractivity contribution >= 4 is 29.3 Å². The summed E-state index contributed by atoms with van der Waals surface area (Å²) < 4.78 is 0. The van der Waals surface area contributed by atoms with E-state index >= 15 is 0 Å². The van der Waals surface area contributed by atoms with Gasteiger partial charge in [0.25, 0.3) is 0 Å². The summed E-state index contributed by atoms with van der Waals surface area (Å²) in [7, 11) is 0. The molecule has 10 heteroatoms. The minimum absolute atomic E-state index is 0.0133. The molecule has 4 heterocycles. The Bertz CT molecular complexity index is 1330. The number of hydrogen-bond acceptors (Lipinski definition) is 8. The van der Waals surface area contributed by atoms with Crippen LogP contribution >= 0.6 is 0 Å². The quantitative estimate of drug-likeness (QED) is 0.304. The zero-order valence-electron chi connectivity index (χ0n) is 22.9. The molecule has 0 bridgehead atoms. The number of aromatic nitrogens is 3. The number of rotatable bonds is 10. The van der Waals surface area contributed by atoms with Crippen molar-refractivity contribution in [3.63, 3.8) is 0 Å². The zero-order chi connectivity index (χ0) is 27.9. The zero-order valence-corrected chi connectivity index (χ0v) is 22.9. The normalized spacial score (nSPS) is 16.0. The molecule has 2 aromatic heterocycles. The first-order valence-corrected chi connectivity index (χ1v) is 14.1. The van der Waals surface area contributed by atoms with Gasteiger partial charge in [0, 0.05) is 43.4 Å². The van der Waals surface area contributed by atoms with Crippen molar-refractivity contribution in [1.29, 1.82) is 0 Å². The van der Waals surface area contributed by atoms with Gasteiger partial charge in [0.2, 0.25) is 5.91 Å². The molecule has 0 saturated carbocycles. The Morgan fingerprint density at radius 2 is 1.93 bits per heavy atom. The molecule has 0 unspecified atom stereocenters. The summed E-state index contributed by atoms with van der Waals surface area (Å²) >= 11 is 0. The van der Waals surface area contributed by atoms with Crippen LogP contribution in [0, 0.1) is 0 Å². The fourth-order valence-corrected chi connectivity index (χ4v) is 5.54. The van der Waals surface area contributed by atoms with Gasteiger partial charge in [-0.05, 0) is 49.3 Å². The molecule has 1 aromatic carbocycles. The molecule has 3 aromatic rings. The van der Waals surface area contributed by atoms with Crippen LogP contribution in [0.1, 0.15) is 54.5 Å². The van der Waals surface area contributed by atoms with E-state index in [1.54, 1.807) is 0 Å².